The molecule has 1 heterocycles. The van der Waals surface area contributed by atoms with E-state index >= 15 is 0 Å². The molecule has 0 fully saturated rings. The van der Waals surface area contributed by atoms with Gasteiger partial charge >= 0.3 is 0 Å². The van der Waals surface area contributed by atoms with Crippen LogP contribution in [0.3, 0.4) is 0 Å². The highest BCUT2D eigenvalue weighted by Gasteiger charge is 1.99. The van der Waals surface area contributed by atoms with Gasteiger partial charge in [0.15, 0.2) is 0 Å². The van der Waals surface area contributed by atoms with Crippen LogP contribution in [0.15, 0.2) is 42.7 Å². The zero-order valence-electron chi connectivity index (χ0n) is 11.5. The van der Waals surface area contributed by atoms with Gasteiger partial charge in [-0.2, -0.15) is 0 Å². The van der Waals surface area contributed by atoms with Crippen LogP contribution in [0, 0.1) is 6.92 Å². The predicted octanol–water partition coefficient (Wildman–Crippen LogP) is 3.79. The van der Waals surface area contributed by atoms with E-state index in [2.05, 4.69) is 24.1 Å². The molecule has 2 rings (SSSR count). The average molecular weight is 256 g/mol. The van der Waals surface area contributed by atoms with Crippen LogP contribution in [-0.2, 0) is 6.54 Å². The molecule has 0 spiro atoms. The summed E-state index contributed by atoms with van der Waals surface area (Å²) in [5.74, 6) is 0.912. The SMILES string of the molecule is CCCOc1cccc(NCc2cnccc2C)c1. The fourth-order valence-corrected chi connectivity index (χ4v) is 1.79. The maximum atomic E-state index is 5.62. The van der Waals surface area contributed by atoms with Gasteiger partial charge in [0, 0.05) is 30.7 Å². The van der Waals surface area contributed by atoms with E-state index in [0.29, 0.717) is 0 Å². The first-order valence-corrected chi connectivity index (χ1v) is 6.66. The zero-order chi connectivity index (χ0) is 13.5. The molecule has 100 valence electrons. The lowest BCUT2D eigenvalue weighted by atomic mass is 10.1. The van der Waals surface area contributed by atoms with Gasteiger partial charge in [-0.25, -0.2) is 0 Å². The normalized spacial score (nSPS) is 10.2. The van der Waals surface area contributed by atoms with Crippen LogP contribution in [-0.4, -0.2) is 11.6 Å². The lowest BCUT2D eigenvalue weighted by Gasteiger charge is -2.10. The number of hydrogen-bond acceptors (Lipinski definition) is 3. The topological polar surface area (TPSA) is 34.1 Å². The van der Waals surface area contributed by atoms with Gasteiger partial charge in [-0.1, -0.05) is 13.0 Å². The van der Waals surface area contributed by atoms with E-state index in [4.69, 9.17) is 4.74 Å². The Morgan fingerprint density at radius 1 is 1.26 bits per heavy atom. The molecule has 3 heteroatoms. The third kappa shape index (κ3) is 3.98. The van der Waals surface area contributed by atoms with Crippen molar-refractivity contribution in [3.05, 3.63) is 53.9 Å². The molecule has 0 aliphatic carbocycles. The Labute approximate surface area is 114 Å². The van der Waals surface area contributed by atoms with E-state index in [1.807, 2.05) is 42.7 Å². The van der Waals surface area contributed by atoms with Crippen molar-refractivity contribution >= 4 is 5.69 Å². The van der Waals surface area contributed by atoms with E-state index < -0.39 is 0 Å². The third-order valence-corrected chi connectivity index (χ3v) is 2.94. The van der Waals surface area contributed by atoms with Crippen molar-refractivity contribution in [3.63, 3.8) is 0 Å². The molecule has 1 N–H and O–H groups in total. The van der Waals surface area contributed by atoms with E-state index in [0.717, 1.165) is 31.0 Å². The van der Waals surface area contributed by atoms with Crippen LogP contribution < -0.4 is 10.1 Å². The van der Waals surface area contributed by atoms with Crippen LogP contribution in [0.5, 0.6) is 5.75 Å². The Bertz CT molecular complexity index is 526. The molecule has 0 radical (unpaired) electrons. The molecule has 0 aliphatic heterocycles. The first kappa shape index (κ1) is 13.4. The summed E-state index contributed by atoms with van der Waals surface area (Å²) < 4.78 is 5.62. The molecule has 0 unspecified atom stereocenters. The summed E-state index contributed by atoms with van der Waals surface area (Å²) in [6.07, 6.45) is 4.74. The summed E-state index contributed by atoms with van der Waals surface area (Å²) in [6, 6.07) is 10.1. The zero-order valence-corrected chi connectivity index (χ0v) is 11.5. The van der Waals surface area contributed by atoms with Crippen molar-refractivity contribution in [2.75, 3.05) is 11.9 Å². The molecule has 3 nitrogen and oxygen atoms in total. The summed E-state index contributed by atoms with van der Waals surface area (Å²) >= 11 is 0. The molecule has 0 saturated heterocycles. The number of nitrogens with one attached hydrogen (secondary N) is 1. The smallest absolute Gasteiger partial charge is 0.121 e. The average Bonchev–Trinajstić information content (AvgIpc) is 2.45. The standard InChI is InChI=1S/C16H20N2O/c1-3-9-19-16-6-4-5-15(10-16)18-12-14-11-17-8-7-13(14)2/h4-8,10-11,18H,3,9,12H2,1-2H3. The van der Waals surface area contributed by atoms with Gasteiger partial charge in [0.2, 0.25) is 0 Å². The molecule has 19 heavy (non-hydrogen) atoms. The number of nitrogens with zero attached hydrogens (tertiary/aromatic N) is 1. The second kappa shape index (κ2) is 6.78. The number of ether oxygens (including phenoxy) is 1. The number of benzene rings is 1. The molecular formula is C16H20N2O. The highest BCUT2D eigenvalue weighted by atomic mass is 16.5. The molecule has 1 aromatic carbocycles. The third-order valence-electron chi connectivity index (χ3n) is 2.94. The minimum absolute atomic E-state index is 0.755. The van der Waals surface area contributed by atoms with Gasteiger partial charge < -0.3 is 10.1 Å². The van der Waals surface area contributed by atoms with Crippen molar-refractivity contribution in [3.8, 4) is 5.75 Å². The van der Waals surface area contributed by atoms with Crippen LogP contribution >= 0.6 is 0 Å². The van der Waals surface area contributed by atoms with Gasteiger partial charge in [-0.3, -0.25) is 4.98 Å². The number of hydrogen-bond donors (Lipinski definition) is 1. The highest BCUT2D eigenvalue weighted by molar-refractivity contribution is 5.48. The maximum absolute atomic E-state index is 5.62. The summed E-state index contributed by atoms with van der Waals surface area (Å²) in [4.78, 5) is 4.15. The van der Waals surface area contributed by atoms with Crippen molar-refractivity contribution in [1.82, 2.24) is 4.98 Å². The van der Waals surface area contributed by atoms with Crippen LogP contribution in [0.2, 0.25) is 0 Å². The van der Waals surface area contributed by atoms with E-state index in [-0.39, 0.29) is 0 Å². The molecule has 0 bridgehead atoms. The number of aryl methyl sites for hydroxylation is 1. The Balaban J connectivity index is 1.98. The Hall–Kier alpha value is -2.03. The van der Waals surface area contributed by atoms with Gasteiger partial charge in [0.1, 0.15) is 5.75 Å². The van der Waals surface area contributed by atoms with E-state index in [9.17, 15) is 0 Å². The molecule has 0 amide bonds. The van der Waals surface area contributed by atoms with Crippen LogP contribution in [0.25, 0.3) is 0 Å². The monoisotopic (exact) mass is 256 g/mol. The number of anilines is 1. The summed E-state index contributed by atoms with van der Waals surface area (Å²) in [5.41, 5.74) is 3.53. The van der Waals surface area contributed by atoms with Gasteiger partial charge in [-0.15, -0.1) is 0 Å². The quantitative estimate of drug-likeness (QED) is 0.853. The molecular weight excluding hydrogens is 236 g/mol. The Morgan fingerprint density at radius 3 is 2.95 bits per heavy atom. The lowest BCUT2D eigenvalue weighted by molar-refractivity contribution is 0.317. The second-order valence-electron chi connectivity index (χ2n) is 4.53. The van der Waals surface area contributed by atoms with Crippen LogP contribution in [0.1, 0.15) is 24.5 Å². The number of aromatic nitrogens is 1. The maximum Gasteiger partial charge on any atom is 0.121 e. The molecule has 0 atom stereocenters. The molecule has 2 aromatic rings. The van der Waals surface area contributed by atoms with Gasteiger partial charge in [-0.05, 0) is 42.7 Å². The Kier molecular flexibility index (Phi) is 4.78. The summed E-state index contributed by atoms with van der Waals surface area (Å²) in [7, 11) is 0. The van der Waals surface area contributed by atoms with Crippen molar-refractivity contribution in [2.24, 2.45) is 0 Å². The first-order chi connectivity index (χ1) is 9.29. The largest absolute Gasteiger partial charge is 0.494 e. The Morgan fingerprint density at radius 2 is 2.16 bits per heavy atom. The highest BCUT2D eigenvalue weighted by Crippen LogP contribution is 2.18. The van der Waals surface area contributed by atoms with E-state index in [1.165, 1.54) is 11.1 Å². The molecule has 1 aromatic heterocycles. The second-order valence-corrected chi connectivity index (χ2v) is 4.53. The summed E-state index contributed by atoms with van der Waals surface area (Å²) in [6.45, 7) is 5.73. The molecule has 0 aliphatic rings. The van der Waals surface area contributed by atoms with Crippen molar-refractivity contribution < 1.29 is 4.74 Å². The number of pyridine rings is 1. The van der Waals surface area contributed by atoms with Gasteiger partial charge in [0.25, 0.3) is 0 Å². The molecule has 0 saturated carbocycles. The van der Waals surface area contributed by atoms with E-state index in [1.54, 1.807) is 0 Å². The minimum Gasteiger partial charge on any atom is -0.494 e. The number of rotatable bonds is 6. The van der Waals surface area contributed by atoms with Gasteiger partial charge in [0.05, 0.1) is 6.61 Å². The van der Waals surface area contributed by atoms with Crippen molar-refractivity contribution in [2.45, 2.75) is 26.8 Å². The van der Waals surface area contributed by atoms with Crippen molar-refractivity contribution in [1.29, 1.82) is 0 Å². The fraction of sp³-hybridized carbons (Fsp3) is 0.312. The lowest BCUT2D eigenvalue weighted by Crippen LogP contribution is -2.02. The van der Waals surface area contributed by atoms with Crippen LogP contribution in [0.4, 0.5) is 5.69 Å². The predicted molar refractivity (Wildman–Crippen MR) is 78.5 cm³/mol. The summed E-state index contributed by atoms with van der Waals surface area (Å²) in [5, 5.41) is 3.40. The first-order valence-electron chi connectivity index (χ1n) is 6.66. The minimum atomic E-state index is 0.755. The fourth-order valence-electron chi connectivity index (χ4n) is 1.79.